The summed E-state index contributed by atoms with van der Waals surface area (Å²) < 4.78 is 6.80. The molecule has 0 fully saturated rings. The number of aliphatic hydroxyl groups is 1. The van der Waals surface area contributed by atoms with E-state index in [-0.39, 0.29) is 40.8 Å². The maximum atomic E-state index is 13.6. The van der Waals surface area contributed by atoms with E-state index in [2.05, 4.69) is 56.3 Å². The lowest BCUT2D eigenvalue weighted by atomic mass is 9.74. The average Bonchev–Trinajstić information content (AvgIpc) is 3.70. The Hall–Kier alpha value is -5.55. The van der Waals surface area contributed by atoms with Crippen LogP contribution in [0.5, 0.6) is 0 Å². The molecular formula is C44H49N5O5S. The molecule has 1 aliphatic carbocycles. The Balaban J connectivity index is 0.995. The van der Waals surface area contributed by atoms with Gasteiger partial charge in [0.25, 0.3) is 5.91 Å². The van der Waals surface area contributed by atoms with Crippen molar-refractivity contribution in [3.05, 3.63) is 105 Å². The number of aliphatic hydroxyl groups excluding tert-OH is 1. The molecule has 11 heteroatoms. The molecule has 2 aliphatic rings. The molecular weight excluding hydrogens is 711 g/mol. The van der Waals surface area contributed by atoms with Crippen LogP contribution in [-0.4, -0.2) is 78.8 Å². The molecule has 0 unspecified atom stereocenters. The second kappa shape index (κ2) is 16.0. The Kier molecular flexibility index (Phi) is 11.4. The molecule has 6 rings (SSSR count). The van der Waals surface area contributed by atoms with Crippen LogP contribution in [0.1, 0.15) is 67.8 Å². The number of esters is 1. The van der Waals surface area contributed by atoms with Gasteiger partial charge >= 0.3 is 5.97 Å². The van der Waals surface area contributed by atoms with Crippen LogP contribution in [0.25, 0.3) is 27.9 Å². The van der Waals surface area contributed by atoms with Crippen LogP contribution in [0, 0.1) is 19.3 Å². The minimum atomic E-state index is -0.493. The first-order chi connectivity index (χ1) is 26.2. The molecule has 2 heterocycles. The van der Waals surface area contributed by atoms with E-state index < -0.39 is 11.3 Å². The molecule has 0 spiro atoms. The molecule has 55 heavy (non-hydrogen) atoms. The number of ether oxygens (including phenoxy) is 1. The number of nitrogens with zero attached hydrogens (tertiary/aromatic N) is 5. The summed E-state index contributed by atoms with van der Waals surface area (Å²) in [4.78, 5) is 48.1. The highest BCUT2D eigenvalue weighted by Gasteiger charge is 2.46. The predicted octanol–water partition coefficient (Wildman–Crippen LogP) is 8.39. The Morgan fingerprint density at radius 3 is 2.27 bits per heavy atom. The van der Waals surface area contributed by atoms with Crippen LogP contribution in [0.15, 0.2) is 82.7 Å². The molecule has 1 aromatic heterocycles. The number of likely N-dealkylation sites (N-methyl/N-ethyl adjacent to an activating group) is 2. The Morgan fingerprint density at radius 2 is 1.64 bits per heavy atom. The summed E-state index contributed by atoms with van der Waals surface area (Å²) in [5.74, 6) is -1.17. The lowest BCUT2D eigenvalue weighted by Crippen LogP contribution is -2.32. The van der Waals surface area contributed by atoms with Gasteiger partial charge in [-0.3, -0.25) is 14.4 Å². The molecule has 0 bridgehead atoms. The van der Waals surface area contributed by atoms with E-state index in [1.165, 1.54) is 9.71 Å². The fourth-order valence-corrected chi connectivity index (χ4v) is 7.88. The van der Waals surface area contributed by atoms with E-state index in [1.54, 1.807) is 18.4 Å². The zero-order valence-corrected chi connectivity index (χ0v) is 33.7. The van der Waals surface area contributed by atoms with Gasteiger partial charge < -0.3 is 19.6 Å². The molecule has 0 saturated heterocycles. The molecule has 286 valence electrons. The van der Waals surface area contributed by atoms with Crippen molar-refractivity contribution in [3.63, 3.8) is 0 Å². The molecule has 0 saturated carbocycles. The van der Waals surface area contributed by atoms with Crippen LogP contribution in [0.3, 0.4) is 0 Å². The van der Waals surface area contributed by atoms with Crippen LogP contribution in [-0.2, 0) is 19.1 Å². The second-order valence-electron chi connectivity index (χ2n) is 15.1. The molecule has 1 amide bonds. The van der Waals surface area contributed by atoms with Crippen molar-refractivity contribution in [2.75, 3.05) is 50.1 Å². The van der Waals surface area contributed by atoms with Gasteiger partial charge in [0.15, 0.2) is 0 Å². The maximum Gasteiger partial charge on any atom is 0.305 e. The second-order valence-corrected chi connectivity index (χ2v) is 16.1. The van der Waals surface area contributed by atoms with Crippen molar-refractivity contribution >= 4 is 74.0 Å². The van der Waals surface area contributed by atoms with Crippen LogP contribution >= 0.6 is 11.3 Å². The molecule has 4 aromatic rings. The Morgan fingerprint density at radius 1 is 0.945 bits per heavy atom. The molecule has 10 nitrogen and oxygen atoms in total. The van der Waals surface area contributed by atoms with E-state index in [1.807, 2.05) is 85.0 Å². The molecule has 1 aliphatic heterocycles. The first-order valence-electron chi connectivity index (χ1n) is 18.6. The number of aryl methyl sites for hydroxylation is 2. The minimum absolute atomic E-state index is 0.0316. The summed E-state index contributed by atoms with van der Waals surface area (Å²) in [7, 11) is 3.57. The van der Waals surface area contributed by atoms with Gasteiger partial charge in [0.1, 0.15) is 17.4 Å². The van der Waals surface area contributed by atoms with Crippen molar-refractivity contribution in [1.82, 2.24) is 9.99 Å². The van der Waals surface area contributed by atoms with Crippen LogP contribution < -0.4 is 9.80 Å². The molecule has 3 aromatic carbocycles. The van der Waals surface area contributed by atoms with Gasteiger partial charge in [-0.1, -0.05) is 51.1 Å². The van der Waals surface area contributed by atoms with Gasteiger partial charge in [-0.05, 0) is 91.9 Å². The van der Waals surface area contributed by atoms with E-state index in [9.17, 15) is 19.5 Å². The highest BCUT2D eigenvalue weighted by atomic mass is 32.1. The number of benzene rings is 3. The van der Waals surface area contributed by atoms with Gasteiger partial charge in [0.2, 0.25) is 5.78 Å². The number of para-hydroxylation sites is 1. The summed E-state index contributed by atoms with van der Waals surface area (Å²) in [6.07, 6.45) is 5.11. The number of ketones is 1. The van der Waals surface area contributed by atoms with E-state index >= 15 is 0 Å². The number of carbonyl (C=O) groups is 3. The third-order valence-electron chi connectivity index (χ3n) is 9.96. The largest absolute Gasteiger partial charge is 0.506 e. The molecule has 0 atom stereocenters. The molecule has 1 N–H and O–H groups in total. The zero-order chi connectivity index (χ0) is 39.6. The van der Waals surface area contributed by atoms with Crippen molar-refractivity contribution in [3.8, 4) is 0 Å². The Bertz CT molecular complexity index is 2220. The number of fused-ring (bicyclic) bond motifs is 1. The maximum absolute atomic E-state index is 13.6. The summed E-state index contributed by atoms with van der Waals surface area (Å²) in [6.45, 7) is 13.8. The number of rotatable bonds is 13. The highest BCUT2D eigenvalue weighted by molar-refractivity contribution is 7.19. The van der Waals surface area contributed by atoms with E-state index in [4.69, 9.17) is 4.74 Å². The number of thiazole rings is 1. The number of hydrogen-bond acceptors (Lipinski definition) is 10. The summed E-state index contributed by atoms with van der Waals surface area (Å²) >= 11 is 1.67. The third-order valence-corrected chi connectivity index (χ3v) is 11.0. The number of allylic oxidation sites excluding steroid dienone is 2. The lowest BCUT2D eigenvalue weighted by Gasteiger charge is -2.29. The van der Waals surface area contributed by atoms with E-state index in [0.29, 0.717) is 43.8 Å². The third kappa shape index (κ3) is 8.27. The first-order valence-corrected chi connectivity index (χ1v) is 19.5. The van der Waals surface area contributed by atoms with Crippen molar-refractivity contribution in [1.29, 1.82) is 0 Å². The number of aromatic nitrogens is 1. The number of hydrazone groups is 1. The first kappa shape index (κ1) is 39.2. The van der Waals surface area contributed by atoms with Crippen LogP contribution in [0.4, 0.5) is 11.4 Å². The number of anilines is 2. The molecule has 0 radical (unpaired) electrons. The van der Waals surface area contributed by atoms with Gasteiger partial charge in [-0.2, -0.15) is 5.10 Å². The fourth-order valence-electron chi connectivity index (χ4n) is 7.01. The number of carbonyl (C=O) groups excluding carboxylic acids is 3. The van der Waals surface area contributed by atoms with Crippen LogP contribution in [0.2, 0.25) is 0 Å². The minimum Gasteiger partial charge on any atom is -0.506 e. The SMILES string of the molecule is CCN(CCOC(=O)CCCN(C)c1ccc(/C=C/c2nc3ccccc3s2)cc1)c1cc(C)c(C2=C(O)C(=C3C(=O)N(C)N=C3C(C)(C)C)C2=O)c(C)c1. The monoisotopic (exact) mass is 759 g/mol. The smallest absolute Gasteiger partial charge is 0.305 e. The number of amides is 1. The van der Waals surface area contributed by atoms with Crippen molar-refractivity contribution in [2.45, 2.75) is 54.4 Å². The van der Waals surface area contributed by atoms with Crippen molar-refractivity contribution in [2.24, 2.45) is 10.5 Å². The quantitative estimate of drug-likeness (QED) is 0.107. The van der Waals surface area contributed by atoms with Gasteiger partial charge in [0.05, 0.1) is 39.2 Å². The van der Waals surface area contributed by atoms with Gasteiger partial charge in [0, 0.05) is 50.4 Å². The van der Waals surface area contributed by atoms with E-state index in [0.717, 1.165) is 38.6 Å². The average molecular weight is 760 g/mol. The number of Topliss-reactive ketones (excluding diaryl/α,β-unsaturated/α-hetero) is 1. The standard InChI is InChI=1S/C44H49N5O5S/c1-9-49(31-25-27(2)36(28(3)26-31)37-40(51)38(41(37)52)39-42(44(4,5)6)46-48(8)43(39)53)23-24-54-35(50)15-12-22-47(7)30-19-16-29(17-20-30)18-21-34-45-32-13-10-11-14-33(32)55-34/h10-11,13-14,16-21,25-26,51H,9,12,15,22-24H2,1-8H3/b21-18+,39-38?. The normalized spacial score (nSPS) is 16.0. The highest BCUT2D eigenvalue weighted by Crippen LogP contribution is 2.44. The lowest BCUT2D eigenvalue weighted by molar-refractivity contribution is -0.143. The van der Waals surface area contributed by atoms with Crippen molar-refractivity contribution < 1.29 is 24.2 Å². The summed E-state index contributed by atoms with van der Waals surface area (Å²) in [6, 6.07) is 20.4. The summed E-state index contributed by atoms with van der Waals surface area (Å²) in [5, 5.41) is 17.8. The number of hydrogen-bond donors (Lipinski definition) is 1. The Labute approximate surface area is 327 Å². The van der Waals surface area contributed by atoms with Gasteiger partial charge in [-0.15, -0.1) is 11.3 Å². The fraction of sp³-hybridized carbons (Fsp3) is 0.341. The predicted molar refractivity (Wildman–Crippen MR) is 223 cm³/mol. The topological polar surface area (TPSA) is 116 Å². The summed E-state index contributed by atoms with van der Waals surface area (Å²) in [5.41, 5.74) is 6.82. The van der Waals surface area contributed by atoms with Gasteiger partial charge in [-0.25, -0.2) is 9.99 Å². The zero-order valence-electron chi connectivity index (χ0n) is 32.9.